The van der Waals surface area contributed by atoms with E-state index < -0.39 is 10.0 Å². The van der Waals surface area contributed by atoms with Gasteiger partial charge in [0.15, 0.2) is 11.4 Å². The molecule has 162 valence electrons. The molecule has 0 aliphatic rings. The van der Waals surface area contributed by atoms with Crippen molar-refractivity contribution in [3.8, 4) is 5.75 Å². The Bertz CT molecular complexity index is 1320. The molecule has 0 aliphatic carbocycles. The van der Waals surface area contributed by atoms with Gasteiger partial charge in [0.25, 0.3) is 10.0 Å². The maximum absolute atomic E-state index is 12.9. The predicted molar refractivity (Wildman–Crippen MR) is 118 cm³/mol. The molecule has 4 rings (SSSR count). The average Bonchev–Trinajstić information content (AvgIpc) is 3.35. The van der Waals surface area contributed by atoms with Gasteiger partial charge in [-0.1, -0.05) is 36.7 Å². The van der Waals surface area contributed by atoms with Crippen LogP contribution in [0.4, 0.5) is 5.82 Å². The third-order valence-corrected chi connectivity index (χ3v) is 6.37. The molecule has 0 aliphatic heterocycles. The lowest BCUT2D eigenvalue weighted by Crippen LogP contribution is -2.14. The zero-order chi connectivity index (χ0) is 22.0. The molecule has 9 heteroatoms. The van der Waals surface area contributed by atoms with Crippen molar-refractivity contribution in [2.45, 2.75) is 38.1 Å². The Labute approximate surface area is 180 Å². The molecular formula is C22H24N4O4S. The summed E-state index contributed by atoms with van der Waals surface area (Å²) in [6, 6.07) is 10.3. The van der Waals surface area contributed by atoms with Gasteiger partial charge in [0, 0.05) is 6.20 Å². The maximum Gasteiger partial charge on any atom is 0.266 e. The smallest absolute Gasteiger partial charge is 0.266 e. The summed E-state index contributed by atoms with van der Waals surface area (Å²) < 4.78 is 40.9. The molecule has 0 spiro atoms. The number of anilines is 1. The van der Waals surface area contributed by atoms with Gasteiger partial charge in [-0.3, -0.25) is 9.40 Å². The van der Waals surface area contributed by atoms with E-state index in [-0.39, 0.29) is 16.5 Å². The van der Waals surface area contributed by atoms with E-state index in [0.717, 1.165) is 24.0 Å². The zero-order valence-electron chi connectivity index (χ0n) is 17.6. The molecular weight excluding hydrogens is 416 g/mol. The largest absolute Gasteiger partial charge is 0.495 e. The topological polar surface area (TPSA) is 99.2 Å². The molecule has 1 N–H and O–H groups in total. The molecule has 4 aromatic rings. The summed E-state index contributed by atoms with van der Waals surface area (Å²) in [5, 5.41) is 9.00. The van der Waals surface area contributed by atoms with Crippen LogP contribution < -0.4 is 9.46 Å². The Morgan fingerprint density at radius 1 is 1.19 bits per heavy atom. The third kappa shape index (κ3) is 4.27. The Balaban J connectivity index is 1.63. The Morgan fingerprint density at radius 2 is 2.00 bits per heavy atom. The van der Waals surface area contributed by atoms with Crippen LogP contribution in [0.3, 0.4) is 0 Å². The van der Waals surface area contributed by atoms with Crippen molar-refractivity contribution in [1.82, 2.24) is 14.9 Å². The fourth-order valence-electron chi connectivity index (χ4n) is 3.62. The number of aromatic nitrogens is 3. The molecule has 0 unspecified atom stereocenters. The van der Waals surface area contributed by atoms with Crippen LogP contribution in [0.15, 0.2) is 58.2 Å². The van der Waals surface area contributed by atoms with Crippen molar-refractivity contribution in [2.24, 2.45) is 0 Å². The van der Waals surface area contributed by atoms with Gasteiger partial charge in [-0.05, 0) is 48.2 Å². The number of methoxy groups -OCH3 is 1. The fraction of sp³-hybridized carbons (Fsp3) is 0.273. The number of rotatable bonds is 8. The van der Waals surface area contributed by atoms with E-state index in [1.807, 2.05) is 36.1 Å². The lowest BCUT2D eigenvalue weighted by Gasteiger charge is -2.10. The molecule has 0 saturated carbocycles. The predicted octanol–water partition coefficient (Wildman–Crippen LogP) is 4.14. The number of ether oxygens (including phenoxy) is 1. The van der Waals surface area contributed by atoms with E-state index in [4.69, 9.17) is 9.26 Å². The van der Waals surface area contributed by atoms with Crippen LogP contribution in [0, 0.1) is 6.92 Å². The van der Waals surface area contributed by atoms with E-state index in [9.17, 15) is 8.42 Å². The minimum Gasteiger partial charge on any atom is -0.495 e. The van der Waals surface area contributed by atoms with Crippen molar-refractivity contribution in [2.75, 3.05) is 11.8 Å². The van der Waals surface area contributed by atoms with Gasteiger partial charge in [-0.25, -0.2) is 8.42 Å². The van der Waals surface area contributed by atoms with Crippen molar-refractivity contribution < 1.29 is 17.7 Å². The van der Waals surface area contributed by atoms with Gasteiger partial charge in [0.05, 0.1) is 25.2 Å². The molecule has 0 atom stereocenters. The third-order valence-electron chi connectivity index (χ3n) is 4.99. The van der Waals surface area contributed by atoms with Crippen molar-refractivity contribution in [1.29, 1.82) is 0 Å². The first-order valence-corrected chi connectivity index (χ1v) is 11.5. The second-order valence-corrected chi connectivity index (χ2v) is 9.02. The Morgan fingerprint density at radius 3 is 2.77 bits per heavy atom. The van der Waals surface area contributed by atoms with Gasteiger partial charge in [-0.15, -0.1) is 0 Å². The second kappa shape index (κ2) is 8.43. The van der Waals surface area contributed by atoms with Crippen molar-refractivity contribution >= 4 is 26.8 Å². The summed E-state index contributed by atoms with van der Waals surface area (Å²) in [6.45, 7) is 4.62. The molecule has 8 nitrogen and oxygen atoms in total. The normalized spacial score (nSPS) is 11.7. The summed E-state index contributed by atoms with van der Waals surface area (Å²) in [5.74, 6) is 0.401. The van der Waals surface area contributed by atoms with Crippen molar-refractivity contribution in [3.63, 3.8) is 0 Å². The Kier molecular flexibility index (Phi) is 5.69. The Hall–Kier alpha value is -3.33. The molecule has 31 heavy (non-hydrogen) atoms. The van der Waals surface area contributed by atoms with Gasteiger partial charge in [0.2, 0.25) is 0 Å². The lowest BCUT2D eigenvalue weighted by molar-refractivity contribution is 0.403. The highest BCUT2D eigenvalue weighted by atomic mass is 32.2. The minimum atomic E-state index is -3.91. The number of hydrogen-bond donors (Lipinski definition) is 1. The summed E-state index contributed by atoms with van der Waals surface area (Å²) in [5.41, 5.74) is 3.56. The number of aryl methyl sites for hydroxylation is 2. The highest BCUT2D eigenvalue weighted by Gasteiger charge is 2.23. The number of fused-ring (bicyclic) bond motifs is 1. The summed E-state index contributed by atoms with van der Waals surface area (Å²) in [6.07, 6.45) is 5.99. The summed E-state index contributed by atoms with van der Waals surface area (Å²) in [7, 11) is -2.48. The number of nitrogens with zero attached hydrogens (tertiary/aromatic N) is 3. The molecule has 0 amide bonds. The number of para-hydroxylation sites is 1. The van der Waals surface area contributed by atoms with Crippen LogP contribution >= 0.6 is 0 Å². The minimum absolute atomic E-state index is 0.0319. The van der Waals surface area contributed by atoms with Gasteiger partial charge in [0.1, 0.15) is 10.6 Å². The first-order chi connectivity index (χ1) is 14.9. The SMILES string of the molecule is CCCc1cnn(Cc2cc(C)c3c(NS(=O)(=O)c4ccccc4OC)noc3c2)c1. The highest BCUT2D eigenvalue weighted by Crippen LogP contribution is 2.31. The fourth-order valence-corrected chi connectivity index (χ4v) is 4.80. The monoisotopic (exact) mass is 440 g/mol. The first kappa shape index (κ1) is 20.9. The van der Waals surface area contributed by atoms with E-state index in [0.29, 0.717) is 17.5 Å². The van der Waals surface area contributed by atoms with Crippen LogP contribution in [0.25, 0.3) is 11.0 Å². The van der Waals surface area contributed by atoms with Crippen LogP contribution in [-0.4, -0.2) is 30.5 Å². The second-order valence-electron chi connectivity index (χ2n) is 7.37. The molecule has 0 fully saturated rings. The molecule has 2 aromatic carbocycles. The van der Waals surface area contributed by atoms with Gasteiger partial charge >= 0.3 is 0 Å². The van der Waals surface area contributed by atoms with Crippen molar-refractivity contribution in [3.05, 3.63) is 65.5 Å². The van der Waals surface area contributed by atoms with E-state index in [1.54, 1.807) is 18.2 Å². The number of nitrogens with one attached hydrogen (secondary N) is 1. The van der Waals surface area contributed by atoms with Crippen LogP contribution in [0.5, 0.6) is 5.75 Å². The van der Waals surface area contributed by atoms with E-state index >= 15 is 0 Å². The van der Waals surface area contributed by atoms with E-state index in [2.05, 4.69) is 21.9 Å². The number of benzene rings is 2. The number of sulfonamides is 1. The quantitative estimate of drug-likeness (QED) is 0.442. The standard InChI is InChI=1S/C22H24N4O4S/c1-4-7-16-12-23-26(13-16)14-17-10-15(2)21-19(11-17)30-24-22(21)25-31(27,28)20-9-6-5-8-18(20)29-3/h5-6,8-13H,4,7,14H2,1-3H3,(H,24,25). The molecule has 2 aromatic heterocycles. The molecule has 0 bridgehead atoms. The van der Waals surface area contributed by atoms with E-state index in [1.165, 1.54) is 18.7 Å². The highest BCUT2D eigenvalue weighted by molar-refractivity contribution is 7.92. The lowest BCUT2D eigenvalue weighted by atomic mass is 10.1. The zero-order valence-corrected chi connectivity index (χ0v) is 18.4. The molecule has 2 heterocycles. The van der Waals surface area contributed by atoms with Gasteiger partial charge < -0.3 is 9.26 Å². The summed E-state index contributed by atoms with van der Waals surface area (Å²) >= 11 is 0. The molecule has 0 radical (unpaired) electrons. The first-order valence-electron chi connectivity index (χ1n) is 9.97. The van der Waals surface area contributed by atoms with Crippen LogP contribution in [0.1, 0.15) is 30.0 Å². The van der Waals surface area contributed by atoms with Crippen LogP contribution in [0.2, 0.25) is 0 Å². The van der Waals surface area contributed by atoms with Crippen LogP contribution in [-0.2, 0) is 23.0 Å². The average molecular weight is 441 g/mol. The van der Waals surface area contributed by atoms with Gasteiger partial charge in [-0.2, -0.15) is 5.10 Å². The molecule has 0 saturated heterocycles. The maximum atomic E-state index is 12.9. The summed E-state index contributed by atoms with van der Waals surface area (Å²) in [4.78, 5) is 0.0319. The number of hydrogen-bond acceptors (Lipinski definition) is 6.